The summed E-state index contributed by atoms with van der Waals surface area (Å²) in [6.45, 7) is 10.3. The lowest BCUT2D eigenvalue weighted by Crippen LogP contribution is -2.33. The molecule has 3 heteroatoms. The fourth-order valence-electron chi connectivity index (χ4n) is 1.81. The minimum atomic E-state index is -0.546. The van der Waals surface area contributed by atoms with Gasteiger partial charge in [-0.15, -0.1) is 0 Å². The van der Waals surface area contributed by atoms with Crippen LogP contribution in [0.4, 0.5) is 4.39 Å². The van der Waals surface area contributed by atoms with E-state index in [9.17, 15) is 4.39 Å². The lowest BCUT2D eigenvalue weighted by atomic mass is 10.1. The molecule has 1 aromatic carbocycles. The molecule has 0 aromatic heterocycles. The first-order valence-corrected chi connectivity index (χ1v) is 6.11. The molecule has 0 atom stereocenters. The van der Waals surface area contributed by atoms with Gasteiger partial charge in [0.2, 0.25) is 0 Å². The van der Waals surface area contributed by atoms with Gasteiger partial charge in [0.1, 0.15) is 0 Å². The fourth-order valence-corrected chi connectivity index (χ4v) is 1.81. The Bertz CT molecular complexity index is 363. The summed E-state index contributed by atoms with van der Waals surface area (Å²) in [6, 6.07) is 5.02. The van der Waals surface area contributed by atoms with Crippen LogP contribution in [0.2, 0.25) is 0 Å². The first-order chi connectivity index (χ1) is 7.90. The molecular weight excluding hydrogens is 217 g/mol. The Kier molecular flexibility index (Phi) is 4.94. The maximum absolute atomic E-state index is 13.2. The van der Waals surface area contributed by atoms with Crippen molar-refractivity contribution in [3.8, 4) is 5.75 Å². The first kappa shape index (κ1) is 14.0. The van der Waals surface area contributed by atoms with Crippen molar-refractivity contribution in [2.75, 3.05) is 6.54 Å². The number of benzene rings is 1. The monoisotopic (exact) mass is 239 g/mol. The van der Waals surface area contributed by atoms with Gasteiger partial charge >= 0.3 is 0 Å². The number of phenolic OH excluding ortho intramolecular Hbond substituents is 1. The van der Waals surface area contributed by atoms with Crippen LogP contribution < -0.4 is 0 Å². The van der Waals surface area contributed by atoms with Crippen molar-refractivity contribution in [2.24, 2.45) is 5.92 Å². The van der Waals surface area contributed by atoms with Gasteiger partial charge < -0.3 is 5.11 Å². The molecule has 0 spiro atoms. The normalized spacial score (nSPS) is 11.8. The van der Waals surface area contributed by atoms with E-state index in [1.54, 1.807) is 6.07 Å². The summed E-state index contributed by atoms with van der Waals surface area (Å²) < 4.78 is 13.2. The van der Waals surface area contributed by atoms with Crippen LogP contribution in [0.3, 0.4) is 0 Å². The summed E-state index contributed by atoms with van der Waals surface area (Å²) in [5.74, 6) is -0.246. The van der Waals surface area contributed by atoms with E-state index in [2.05, 4.69) is 32.6 Å². The molecule has 0 radical (unpaired) electrons. The van der Waals surface area contributed by atoms with Gasteiger partial charge in [0.25, 0.3) is 0 Å². The third kappa shape index (κ3) is 4.35. The van der Waals surface area contributed by atoms with Crippen LogP contribution in [-0.2, 0) is 6.54 Å². The molecule has 1 rings (SSSR count). The summed E-state index contributed by atoms with van der Waals surface area (Å²) >= 11 is 0. The smallest absolute Gasteiger partial charge is 0.165 e. The number of phenols is 1. The van der Waals surface area contributed by atoms with Crippen LogP contribution in [0.1, 0.15) is 33.3 Å². The van der Waals surface area contributed by atoms with Crippen LogP contribution in [-0.4, -0.2) is 22.6 Å². The highest BCUT2D eigenvalue weighted by molar-refractivity contribution is 5.27. The number of halogens is 1. The maximum Gasteiger partial charge on any atom is 0.165 e. The van der Waals surface area contributed by atoms with Crippen LogP contribution >= 0.6 is 0 Å². The van der Waals surface area contributed by atoms with Gasteiger partial charge in [0.05, 0.1) is 0 Å². The molecule has 0 aliphatic carbocycles. The number of hydrogen-bond acceptors (Lipinski definition) is 2. The zero-order valence-electron chi connectivity index (χ0n) is 11.1. The first-order valence-electron chi connectivity index (χ1n) is 6.11. The lowest BCUT2D eigenvalue weighted by molar-refractivity contribution is 0.189. The number of hydrogen-bond donors (Lipinski definition) is 1. The lowest BCUT2D eigenvalue weighted by Gasteiger charge is -2.28. The molecule has 0 heterocycles. The van der Waals surface area contributed by atoms with Crippen molar-refractivity contribution >= 4 is 0 Å². The Morgan fingerprint density at radius 2 is 1.88 bits per heavy atom. The molecule has 0 aliphatic rings. The Morgan fingerprint density at radius 3 is 2.35 bits per heavy atom. The predicted octanol–water partition coefficient (Wildman–Crippen LogP) is 3.40. The van der Waals surface area contributed by atoms with Gasteiger partial charge in [-0.2, -0.15) is 0 Å². The quantitative estimate of drug-likeness (QED) is 0.851. The van der Waals surface area contributed by atoms with Crippen molar-refractivity contribution in [3.05, 3.63) is 29.6 Å². The van der Waals surface area contributed by atoms with Crippen LogP contribution in [0.25, 0.3) is 0 Å². The molecule has 0 saturated heterocycles. The number of nitrogens with zero attached hydrogens (tertiary/aromatic N) is 1. The van der Waals surface area contributed by atoms with Crippen LogP contribution in [0.15, 0.2) is 18.2 Å². The van der Waals surface area contributed by atoms with Gasteiger partial charge in [0, 0.05) is 19.1 Å². The molecule has 0 fully saturated rings. The molecule has 0 unspecified atom stereocenters. The van der Waals surface area contributed by atoms with Gasteiger partial charge in [0.15, 0.2) is 11.6 Å². The van der Waals surface area contributed by atoms with Crippen molar-refractivity contribution in [1.82, 2.24) is 4.90 Å². The molecule has 2 nitrogen and oxygen atoms in total. The summed E-state index contributed by atoms with van der Waals surface area (Å²) in [5.41, 5.74) is 0.898. The minimum Gasteiger partial charge on any atom is -0.505 e. The summed E-state index contributed by atoms with van der Waals surface area (Å²) in [6.07, 6.45) is 0. The third-order valence-electron chi connectivity index (χ3n) is 2.73. The highest BCUT2D eigenvalue weighted by atomic mass is 19.1. The van der Waals surface area contributed by atoms with E-state index >= 15 is 0 Å². The Hall–Kier alpha value is -1.09. The molecular formula is C14H22FNO. The Balaban J connectivity index is 2.75. The van der Waals surface area contributed by atoms with Gasteiger partial charge in [-0.1, -0.05) is 19.9 Å². The molecule has 96 valence electrons. The van der Waals surface area contributed by atoms with Gasteiger partial charge in [-0.05, 0) is 37.5 Å². The Labute approximate surface area is 103 Å². The SMILES string of the molecule is CC(C)CN(Cc1ccc(O)c(F)c1)C(C)C. The van der Waals surface area contributed by atoms with Crippen LogP contribution in [0.5, 0.6) is 5.75 Å². The number of aromatic hydroxyl groups is 1. The second-order valence-electron chi connectivity index (χ2n) is 5.20. The molecule has 17 heavy (non-hydrogen) atoms. The molecule has 0 aliphatic heterocycles. The highest BCUT2D eigenvalue weighted by Gasteiger charge is 2.12. The summed E-state index contributed by atoms with van der Waals surface area (Å²) in [7, 11) is 0. The predicted molar refractivity (Wildman–Crippen MR) is 68.4 cm³/mol. The van der Waals surface area contributed by atoms with E-state index in [1.165, 1.54) is 12.1 Å². The van der Waals surface area contributed by atoms with Crippen molar-refractivity contribution in [3.63, 3.8) is 0 Å². The third-order valence-corrected chi connectivity index (χ3v) is 2.73. The summed E-state index contributed by atoms with van der Waals surface area (Å²) in [4.78, 5) is 2.30. The zero-order valence-corrected chi connectivity index (χ0v) is 11.1. The van der Waals surface area contributed by atoms with E-state index in [-0.39, 0.29) is 5.75 Å². The van der Waals surface area contributed by atoms with Crippen molar-refractivity contribution in [2.45, 2.75) is 40.3 Å². The van der Waals surface area contributed by atoms with E-state index in [0.717, 1.165) is 12.1 Å². The maximum atomic E-state index is 13.2. The van der Waals surface area contributed by atoms with Gasteiger partial charge in [-0.3, -0.25) is 4.90 Å². The van der Waals surface area contributed by atoms with Gasteiger partial charge in [-0.25, -0.2) is 4.39 Å². The second-order valence-corrected chi connectivity index (χ2v) is 5.20. The average Bonchev–Trinajstić information content (AvgIpc) is 2.21. The van der Waals surface area contributed by atoms with Crippen LogP contribution in [0, 0.1) is 11.7 Å². The molecule has 0 saturated carbocycles. The minimum absolute atomic E-state index is 0.284. The fraction of sp³-hybridized carbons (Fsp3) is 0.571. The largest absolute Gasteiger partial charge is 0.505 e. The van der Waals surface area contributed by atoms with E-state index in [1.807, 2.05) is 0 Å². The van der Waals surface area contributed by atoms with Crippen molar-refractivity contribution < 1.29 is 9.50 Å². The van der Waals surface area contributed by atoms with E-state index in [4.69, 9.17) is 5.11 Å². The number of rotatable bonds is 5. The topological polar surface area (TPSA) is 23.5 Å². The highest BCUT2D eigenvalue weighted by Crippen LogP contribution is 2.18. The molecule has 1 N–H and O–H groups in total. The summed E-state index contributed by atoms with van der Waals surface area (Å²) in [5, 5.41) is 9.14. The van der Waals surface area contributed by atoms with E-state index in [0.29, 0.717) is 18.5 Å². The Morgan fingerprint density at radius 1 is 1.24 bits per heavy atom. The van der Waals surface area contributed by atoms with E-state index < -0.39 is 5.82 Å². The average molecular weight is 239 g/mol. The van der Waals surface area contributed by atoms with Crippen molar-refractivity contribution in [1.29, 1.82) is 0 Å². The molecule has 1 aromatic rings. The molecule has 0 bridgehead atoms. The second kappa shape index (κ2) is 6.01. The zero-order chi connectivity index (χ0) is 13.0. The molecule has 0 amide bonds. The standard InChI is InChI=1S/C14H22FNO/c1-10(2)8-16(11(3)4)9-12-5-6-14(17)13(15)7-12/h5-7,10-11,17H,8-9H2,1-4H3.